The van der Waals surface area contributed by atoms with Crippen molar-refractivity contribution in [3.05, 3.63) is 77.1 Å². The molecule has 2 aromatic carbocycles. The van der Waals surface area contributed by atoms with E-state index < -0.39 is 14.6 Å². The van der Waals surface area contributed by atoms with Crippen LogP contribution in [-0.2, 0) is 13.8 Å². The number of amides is 2. The minimum atomic E-state index is -1.23. The van der Waals surface area contributed by atoms with Crippen molar-refractivity contribution < 1.29 is 27.8 Å². The molecule has 0 saturated carbocycles. The molecule has 1 N–H and O–H groups in total. The summed E-state index contributed by atoms with van der Waals surface area (Å²) in [4.78, 5) is 28.0. The third kappa shape index (κ3) is 12.1. The second kappa shape index (κ2) is 22.4. The maximum absolute atomic E-state index is 14.0. The van der Waals surface area contributed by atoms with Gasteiger partial charge in [-0.2, -0.15) is 5.26 Å². The van der Waals surface area contributed by atoms with E-state index >= 15 is 0 Å². The van der Waals surface area contributed by atoms with Gasteiger partial charge >= 0.3 is 6.09 Å². The fourth-order valence-corrected chi connectivity index (χ4v) is 8.44. The molecule has 12 heteroatoms. The zero-order valence-electron chi connectivity index (χ0n) is 34.6. The Morgan fingerprint density at radius 1 is 0.893 bits per heavy atom. The predicted octanol–water partition coefficient (Wildman–Crippen LogP) is 8.98. The highest BCUT2D eigenvalue weighted by atomic mass is 31.2. The lowest BCUT2D eigenvalue weighted by molar-refractivity contribution is 0.0745. The summed E-state index contributed by atoms with van der Waals surface area (Å²) in [7, 11) is 0.497. The first-order chi connectivity index (χ1) is 27.0. The van der Waals surface area contributed by atoms with E-state index in [0.29, 0.717) is 31.7 Å². The fourth-order valence-electron chi connectivity index (χ4n) is 6.81. The molecule has 0 fully saturated rings. The van der Waals surface area contributed by atoms with Gasteiger partial charge in [0, 0.05) is 53.8 Å². The summed E-state index contributed by atoms with van der Waals surface area (Å²) in [6.07, 6.45) is 3.42. The molecule has 2 aliphatic rings. The SMILES string of the molecule is CC[N+](CC)=c1ccc2c(-c3ccccc3C(=O)N(C)CCOC(=O)NCCCCCCOP(OCCC#N)N(C(C)C)C(C)C)c3ccc(C)cc3oc-2c1. The van der Waals surface area contributed by atoms with Crippen LogP contribution < -0.4 is 15.2 Å². The lowest BCUT2D eigenvalue weighted by Crippen LogP contribution is -2.33. The van der Waals surface area contributed by atoms with E-state index in [1.807, 2.05) is 37.3 Å². The van der Waals surface area contributed by atoms with Gasteiger partial charge in [-0.25, -0.2) is 14.0 Å². The minimum Gasteiger partial charge on any atom is -0.456 e. The number of fused-ring (bicyclic) bond motifs is 2. The number of hydrogen-bond acceptors (Lipinski definition) is 8. The first-order valence-electron chi connectivity index (χ1n) is 20.0. The van der Waals surface area contributed by atoms with Crippen LogP contribution in [0.4, 0.5) is 4.79 Å². The van der Waals surface area contributed by atoms with Crippen LogP contribution in [0.25, 0.3) is 33.4 Å². The Morgan fingerprint density at radius 2 is 1.61 bits per heavy atom. The van der Waals surface area contributed by atoms with E-state index in [9.17, 15) is 9.59 Å². The van der Waals surface area contributed by atoms with Gasteiger partial charge in [-0.1, -0.05) is 43.2 Å². The third-order valence-corrected chi connectivity index (χ3v) is 11.7. The molecule has 0 aromatic heterocycles. The Kier molecular flexibility index (Phi) is 17.8. The lowest BCUT2D eigenvalue weighted by Gasteiger charge is -2.35. The summed E-state index contributed by atoms with van der Waals surface area (Å²) in [5.41, 5.74) is 5.11. The largest absolute Gasteiger partial charge is 0.456 e. The first kappa shape index (κ1) is 44.4. The molecule has 2 aromatic rings. The summed E-state index contributed by atoms with van der Waals surface area (Å²) in [5.74, 6) is 0.597. The van der Waals surface area contributed by atoms with Crippen molar-refractivity contribution >= 4 is 31.5 Å². The van der Waals surface area contributed by atoms with Crippen LogP contribution in [0, 0.1) is 18.3 Å². The first-order valence-corrected chi connectivity index (χ1v) is 21.1. The third-order valence-electron chi connectivity index (χ3n) is 9.63. The van der Waals surface area contributed by atoms with E-state index in [1.165, 1.54) is 0 Å². The molecule has 1 heterocycles. The Morgan fingerprint density at radius 3 is 2.32 bits per heavy atom. The van der Waals surface area contributed by atoms with Gasteiger partial charge in [-0.05, 0) is 90.6 Å². The average Bonchev–Trinajstić information content (AvgIpc) is 3.17. The summed E-state index contributed by atoms with van der Waals surface area (Å²) in [5, 5.41) is 13.7. The summed E-state index contributed by atoms with van der Waals surface area (Å²) < 4.78 is 28.5. The summed E-state index contributed by atoms with van der Waals surface area (Å²) in [6.45, 7) is 18.3. The van der Waals surface area contributed by atoms with Gasteiger partial charge in [0.05, 0.1) is 38.3 Å². The number of unbranched alkanes of at least 4 members (excludes halogenated alkanes) is 3. The van der Waals surface area contributed by atoms with Crippen LogP contribution in [0.5, 0.6) is 0 Å². The summed E-state index contributed by atoms with van der Waals surface area (Å²) >= 11 is 0. The molecular weight excluding hydrogens is 725 g/mol. The number of rotatable bonds is 21. The molecule has 1 unspecified atom stereocenters. The van der Waals surface area contributed by atoms with Crippen LogP contribution in [0.2, 0.25) is 0 Å². The molecule has 0 bridgehead atoms. The number of carbonyl (C=O) groups is 2. The Labute approximate surface area is 334 Å². The van der Waals surface area contributed by atoms with E-state index in [-0.39, 0.29) is 31.1 Å². The number of likely N-dealkylation sites (N-methyl/N-ethyl adjacent to an activating group) is 1. The second-order valence-corrected chi connectivity index (χ2v) is 15.9. The van der Waals surface area contributed by atoms with E-state index in [1.54, 1.807) is 11.9 Å². The molecule has 302 valence electrons. The minimum absolute atomic E-state index is 0.0697. The van der Waals surface area contributed by atoms with E-state index in [4.69, 9.17) is 23.5 Å². The number of nitrogens with zero attached hydrogens (tertiary/aromatic N) is 4. The van der Waals surface area contributed by atoms with Gasteiger partial charge in [0.15, 0.2) is 0 Å². The quantitative estimate of drug-likeness (QED) is 0.0385. The molecule has 0 spiro atoms. The maximum Gasteiger partial charge on any atom is 0.407 e. The number of ether oxygens (including phenoxy) is 1. The highest BCUT2D eigenvalue weighted by molar-refractivity contribution is 7.44. The molecule has 1 aliphatic carbocycles. The fraction of sp³-hybridized carbons (Fsp3) is 0.500. The Bertz CT molecular complexity index is 1960. The van der Waals surface area contributed by atoms with Crippen LogP contribution in [0.3, 0.4) is 0 Å². The van der Waals surface area contributed by atoms with Crippen LogP contribution in [-0.4, -0.2) is 86.7 Å². The van der Waals surface area contributed by atoms with Crippen molar-refractivity contribution in [3.8, 4) is 28.5 Å². The molecule has 1 aliphatic heterocycles. The lowest BCUT2D eigenvalue weighted by atomic mass is 9.90. The molecule has 0 radical (unpaired) electrons. The standard InChI is InChI=1S/C44H60N5O6P/c1-9-48(10-2)35-21-23-39-41(31-35)55-40-30-34(7)20-22-38(40)42(39)36-18-13-14-19-37(36)43(50)47(8)26-29-52-44(51)46-25-15-11-12-16-27-53-56(54-28-17-24-45)49(32(3)4)33(5)6/h13-14,18-23,30-33H,9-12,15-17,25-29H2,1-8H3/p+1. The van der Waals surface area contributed by atoms with Crippen LogP contribution >= 0.6 is 8.53 Å². The Balaban J connectivity index is 1.30. The number of hydrogen-bond donors (Lipinski definition) is 1. The number of nitriles is 1. The van der Waals surface area contributed by atoms with Crippen molar-refractivity contribution in [1.82, 2.24) is 19.5 Å². The van der Waals surface area contributed by atoms with Crippen LogP contribution in [0.15, 0.2) is 65.1 Å². The topological polar surface area (TPSA) is 120 Å². The smallest absolute Gasteiger partial charge is 0.407 e. The number of alkyl carbamates (subject to hydrolysis) is 1. The van der Waals surface area contributed by atoms with Gasteiger partial charge < -0.3 is 28.4 Å². The van der Waals surface area contributed by atoms with Gasteiger partial charge in [0.1, 0.15) is 31.0 Å². The van der Waals surface area contributed by atoms with Crippen LogP contribution in [0.1, 0.15) is 89.6 Å². The highest BCUT2D eigenvalue weighted by Crippen LogP contribution is 2.46. The summed E-state index contributed by atoms with van der Waals surface area (Å²) in [6, 6.07) is 22.8. The number of benzene rings is 3. The molecule has 0 saturated heterocycles. The zero-order valence-corrected chi connectivity index (χ0v) is 35.5. The number of nitrogens with one attached hydrogen (secondary N) is 1. The molecule has 1 atom stereocenters. The predicted molar refractivity (Wildman–Crippen MR) is 225 cm³/mol. The molecule has 11 nitrogen and oxygen atoms in total. The molecule has 4 rings (SSSR count). The van der Waals surface area contributed by atoms with Crippen molar-refractivity contribution in [3.63, 3.8) is 0 Å². The number of aryl methyl sites for hydroxylation is 1. The highest BCUT2D eigenvalue weighted by Gasteiger charge is 2.27. The molecule has 2 amide bonds. The van der Waals surface area contributed by atoms with Crippen molar-refractivity contribution in [2.45, 2.75) is 92.7 Å². The van der Waals surface area contributed by atoms with Crippen molar-refractivity contribution in [1.29, 1.82) is 5.26 Å². The maximum atomic E-state index is 14.0. The normalized spacial score (nSPS) is 12.0. The van der Waals surface area contributed by atoms with Gasteiger partial charge in [-0.15, -0.1) is 0 Å². The average molecular weight is 787 g/mol. The molecular formula is C44H61N5O6P+. The second-order valence-electron chi connectivity index (χ2n) is 14.5. The van der Waals surface area contributed by atoms with Crippen molar-refractivity contribution in [2.24, 2.45) is 0 Å². The van der Waals surface area contributed by atoms with E-state index in [0.717, 1.165) is 83.1 Å². The monoisotopic (exact) mass is 786 g/mol. The molecule has 56 heavy (non-hydrogen) atoms. The van der Waals surface area contributed by atoms with Gasteiger partial charge in [0.2, 0.25) is 5.36 Å². The Hall–Kier alpha value is -4.33. The van der Waals surface area contributed by atoms with Gasteiger partial charge in [-0.3, -0.25) is 4.79 Å². The van der Waals surface area contributed by atoms with Gasteiger partial charge in [0.25, 0.3) is 14.4 Å². The zero-order chi connectivity index (χ0) is 40.6. The number of carbonyl (C=O) groups excluding carboxylic acids is 2. The van der Waals surface area contributed by atoms with E-state index in [2.05, 4.69) is 92.5 Å². The van der Waals surface area contributed by atoms with Crippen molar-refractivity contribution in [2.75, 3.05) is 53.0 Å².